The van der Waals surface area contributed by atoms with Crippen LogP contribution in [0.15, 0.2) is 40.8 Å². The zero-order valence-corrected chi connectivity index (χ0v) is 11.1. The van der Waals surface area contributed by atoms with Gasteiger partial charge in [-0.1, -0.05) is 12.1 Å². The van der Waals surface area contributed by atoms with Crippen molar-refractivity contribution in [2.75, 3.05) is 6.54 Å². The summed E-state index contributed by atoms with van der Waals surface area (Å²) in [5.41, 5.74) is 0.715. The molecule has 2 rings (SSSR count). The van der Waals surface area contributed by atoms with Gasteiger partial charge in [0.2, 0.25) is 5.91 Å². The molecule has 4 nitrogen and oxygen atoms in total. The average Bonchev–Trinajstić information content (AvgIpc) is 2.85. The van der Waals surface area contributed by atoms with Gasteiger partial charge in [0.25, 0.3) is 0 Å². The highest BCUT2D eigenvalue weighted by molar-refractivity contribution is 5.78. The molecule has 0 aliphatic rings. The standard InChI is InChI=1S/C15H16FNO3/c1-10-2-7-14(20-10)13(18)9-17-15(19)8-11-3-5-12(16)6-4-11/h2-7,13,18H,8-9H2,1H3,(H,17,19). The summed E-state index contributed by atoms with van der Waals surface area (Å²) in [5.74, 6) is 0.554. The van der Waals surface area contributed by atoms with E-state index >= 15 is 0 Å². The molecule has 106 valence electrons. The molecular weight excluding hydrogens is 261 g/mol. The lowest BCUT2D eigenvalue weighted by atomic mass is 10.1. The summed E-state index contributed by atoms with van der Waals surface area (Å²) in [6.07, 6.45) is -0.731. The molecule has 1 atom stereocenters. The monoisotopic (exact) mass is 277 g/mol. The van der Waals surface area contributed by atoms with E-state index in [1.165, 1.54) is 12.1 Å². The van der Waals surface area contributed by atoms with E-state index < -0.39 is 6.10 Å². The molecule has 1 aromatic carbocycles. The number of hydrogen-bond donors (Lipinski definition) is 2. The van der Waals surface area contributed by atoms with Gasteiger partial charge in [-0.2, -0.15) is 0 Å². The fourth-order valence-corrected chi connectivity index (χ4v) is 1.79. The van der Waals surface area contributed by atoms with Crippen LogP contribution in [0.4, 0.5) is 4.39 Å². The third-order valence-electron chi connectivity index (χ3n) is 2.86. The van der Waals surface area contributed by atoms with Crippen LogP contribution in [0.5, 0.6) is 0 Å². The molecule has 0 radical (unpaired) electrons. The Hall–Kier alpha value is -2.14. The SMILES string of the molecule is Cc1ccc(C(O)CNC(=O)Cc2ccc(F)cc2)o1. The Morgan fingerprint density at radius 2 is 2.00 bits per heavy atom. The molecule has 0 fully saturated rings. The Kier molecular flexibility index (Phi) is 4.53. The summed E-state index contributed by atoms with van der Waals surface area (Å²) in [4.78, 5) is 11.7. The highest BCUT2D eigenvalue weighted by Crippen LogP contribution is 2.15. The molecule has 20 heavy (non-hydrogen) atoms. The van der Waals surface area contributed by atoms with Crippen molar-refractivity contribution in [2.45, 2.75) is 19.4 Å². The van der Waals surface area contributed by atoms with Crippen molar-refractivity contribution in [3.8, 4) is 0 Å². The third kappa shape index (κ3) is 3.93. The summed E-state index contributed by atoms with van der Waals surface area (Å²) >= 11 is 0. The van der Waals surface area contributed by atoms with Gasteiger partial charge in [-0.3, -0.25) is 4.79 Å². The predicted molar refractivity (Wildman–Crippen MR) is 71.5 cm³/mol. The van der Waals surface area contributed by atoms with Gasteiger partial charge in [0.05, 0.1) is 13.0 Å². The molecule has 0 aliphatic heterocycles. The first-order valence-corrected chi connectivity index (χ1v) is 6.30. The van der Waals surface area contributed by atoms with Crippen molar-refractivity contribution < 1.29 is 18.7 Å². The number of amides is 1. The molecule has 5 heteroatoms. The summed E-state index contributed by atoms with van der Waals surface area (Å²) in [6, 6.07) is 9.15. The van der Waals surface area contributed by atoms with Crippen molar-refractivity contribution in [2.24, 2.45) is 0 Å². The zero-order chi connectivity index (χ0) is 14.5. The van der Waals surface area contributed by atoms with Crippen LogP contribution in [0.3, 0.4) is 0 Å². The summed E-state index contributed by atoms with van der Waals surface area (Å²) in [7, 11) is 0. The molecule has 0 spiro atoms. The molecule has 1 aromatic heterocycles. The molecule has 0 bridgehead atoms. The van der Waals surface area contributed by atoms with E-state index in [4.69, 9.17) is 4.42 Å². The van der Waals surface area contributed by atoms with Crippen LogP contribution in [0, 0.1) is 12.7 Å². The van der Waals surface area contributed by atoms with Crippen molar-refractivity contribution >= 4 is 5.91 Å². The molecule has 2 N–H and O–H groups in total. The largest absolute Gasteiger partial charge is 0.464 e. The van der Waals surface area contributed by atoms with Crippen LogP contribution in [0.25, 0.3) is 0 Å². The minimum absolute atomic E-state index is 0.0764. The van der Waals surface area contributed by atoms with Gasteiger partial charge in [0.15, 0.2) is 0 Å². The van der Waals surface area contributed by atoms with Crippen molar-refractivity contribution in [1.29, 1.82) is 0 Å². The van der Waals surface area contributed by atoms with Crippen LogP contribution < -0.4 is 5.32 Å². The lowest BCUT2D eigenvalue weighted by Crippen LogP contribution is -2.29. The summed E-state index contributed by atoms with van der Waals surface area (Å²) < 4.78 is 18.0. The third-order valence-corrected chi connectivity index (χ3v) is 2.86. The van der Waals surface area contributed by atoms with E-state index in [-0.39, 0.29) is 24.7 Å². The number of carbonyl (C=O) groups is 1. The number of halogens is 1. The van der Waals surface area contributed by atoms with Crippen LogP contribution in [-0.4, -0.2) is 17.6 Å². The maximum absolute atomic E-state index is 12.7. The van der Waals surface area contributed by atoms with Crippen LogP contribution in [-0.2, 0) is 11.2 Å². The number of aliphatic hydroxyl groups excluding tert-OH is 1. The number of aliphatic hydroxyl groups is 1. The lowest BCUT2D eigenvalue weighted by molar-refractivity contribution is -0.120. The number of hydrogen-bond acceptors (Lipinski definition) is 3. The first-order chi connectivity index (χ1) is 9.54. The topological polar surface area (TPSA) is 62.5 Å². The van der Waals surface area contributed by atoms with Gasteiger partial charge in [0.1, 0.15) is 23.4 Å². The van der Waals surface area contributed by atoms with Gasteiger partial charge in [-0.25, -0.2) is 4.39 Å². The van der Waals surface area contributed by atoms with E-state index in [1.807, 2.05) is 0 Å². The van der Waals surface area contributed by atoms with E-state index in [0.717, 1.165) is 0 Å². The maximum Gasteiger partial charge on any atom is 0.224 e. The number of benzene rings is 1. The molecule has 0 aliphatic carbocycles. The molecule has 1 unspecified atom stereocenters. The molecule has 0 saturated carbocycles. The van der Waals surface area contributed by atoms with E-state index in [9.17, 15) is 14.3 Å². The first kappa shape index (κ1) is 14.3. The van der Waals surface area contributed by atoms with E-state index in [2.05, 4.69) is 5.32 Å². The van der Waals surface area contributed by atoms with E-state index in [0.29, 0.717) is 17.1 Å². The molecule has 1 heterocycles. The quantitative estimate of drug-likeness (QED) is 0.880. The fraction of sp³-hybridized carbons (Fsp3) is 0.267. The Balaban J connectivity index is 1.81. The highest BCUT2D eigenvalue weighted by Gasteiger charge is 2.13. The smallest absolute Gasteiger partial charge is 0.224 e. The molecular formula is C15H16FNO3. The van der Waals surface area contributed by atoms with Gasteiger partial charge in [0, 0.05) is 0 Å². The molecule has 1 amide bonds. The maximum atomic E-state index is 12.7. The lowest BCUT2D eigenvalue weighted by Gasteiger charge is -2.09. The van der Waals surface area contributed by atoms with Gasteiger partial charge < -0.3 is 14.8 Å². The minimum atomic E-state index is -0.874. The number of nitrogens with one attached hydrogen (secondary N) is 1. The number of carbonyl (C=O) groups excluding carboxylic acids is 1. The second-order valence-electron chi connectivity index (χ2n) is 4.57. The van der Waals surface area contributed by atoms with Gasteiger partial charge in [-0.05, 0) is 36.8 Å². The number of aryl methyl sites for hydroxylation is 1. The van der Waals surface area contributed by atoms with Crippen LogP contribution in [0.1, 0.15) is 23.2 Å². The average molecular weight is 277 g/mol. The summed E-state index contributed by atoms with van der Waals surface area (Å²) in [5, 5.41) is 12.4. The van der Waals surface area contributed by atoms with E-state index in [1.54, 1.807) is 31.2 Å². The number of rotatable bonds is 5. The van der Waals surface area contributed by atoms with Gasteiger partial charge >= 0.3 is 0 Å². The predicted octanol–water partition coefficient (Wildman–Crippen LogP) is 2.12. The van der Waals surface area contributed by atoms with Crippen LogP contribution >= 0.6 is 0 Å². The fourth-order valence-electron chi connectivity index (χ4n) is 1.79. The second kappa shape index (κ2) is 6.34. The van der Waals surface area contributed by atoms with Gasteiger partial charge in [-0.15, -0.1) is 0 Å². The zero-order valence-electron chi connectivity index (χ0n) is 11.1. The Morgan fingerprint density at radius 1 is 1.30 bits per heavy atom. The second-order valence-corrected chi connectivity index (χ2v) is 4.57. The number of furan rings is 1. The Labute approximate surface area is 116 Å². The molecule has 0 saturated heterocycles. The molecule has 2 aromatic rings. The van der Waals surface area contributed by atoms with Crippen molar-refractivity contribution in [3.63, 3.8) is 0 Å². The van der Waals surface area contributed by atoms with Crippen molar-refractivity contribution in [3.05, 3.63) is 59.3 Å². The summed E-state index contributed by atoms with van der Waals surface area (Å²) in [6.45, 7) is 1.86. The normalized spacial score (nSPS) is 12.2. The highest BCUT2D eigenvalue weighted by atomic mass is 19.1. The first-order valence-electron chi connectivity index (χ1n) is 6.30. The minimum Gasteiger partial charge on any atom is -0.464 e. The van der Waals surface area contributed by atoms with Crippen molar-refractivity contribution in [1.82, 2.24) is 5.32 Å². The Bertz CT molecular complexity index is 577. The van der Waals surface area contributed by atoms with Crippen LogP contribution in [0.2, 0.25) is 0 Å². The Morgan fingerprint density at radius 3 is 2.60 bits per heavy atom.